The zero-order valence-corrected chi connectivity index (χ0v) is 12.8. The summed E-state index contributed by atoms with van der Waals surface area (Å²) in [6, 6.07) is 2.15. The van der Waals surface area contributed by atoms with Gasteiger partial charge in [0.15, 0.2) is 0 Å². The maximum atomic E-state index is 13.2. The second-order valence-corrected chi connectivity index (χ2v) is 7.15. The molecule has 0 spiro atoms. The first-order valence-electron chi connectivity index (χ1n) is 5.37. The van der Waals surface area contributed by atoms with E-state index in [1.54, 1.807) is 13.8 Å². The van der Waals surface area contributed by atoms with Gasteiger partial charge in [-0.2, -0.15) is 0 Å². The minimum atomic E-state index is -3.74. The fraction of sp³-hybridized carbons (Fsp3) is 0.455. The summed E-state index contributed by atoms with van der Waals surface area (Å²) in [5.74, 6) is -0.657. The number of sulfonamides is 1. The third kappa shape index (κ3) is 3.43. The second kappa shape index (κ2) is 5.14. The van der Waals surface area contributed by atoms with Gasteiger partial charge in [0.05, 0.1) is 10.6 Å². The van der Waals surface area contributed by atoms with Crippen molar-refractivity contribution in [1.82, 2.24) is 4.72 Å². The van der Waals surface area contributed by atoms with Crippen LogP contribution >= 0.6 is 15.9 Å². The van der Waals surface area contributed by atoms with E-state index in [9.17, 15) is 12.8 Å². The van der Waals surface area contributed by atoms with Gasteiger partial charge in [0.2, 0.25) is 10.0 Å². The molecule has 4 nitrogen and oxygen atoms in total. The van der Waals surface area contributed by atoms with Gasteiger partial charge in [-0.3, -0.25) is 0 Å². The largest absolute Gasteiger partial charge is 0.396 e. The van der Waals surface area contributed by atoms with Gasteiger partial charge in [-0.15, -0.1) is 0 Å². The Kier molecular flexibility index (Phi) is 4.40. The summed E-state index contributed by atoms with van der Waals surface area (Å²) < 4.78 is 40.2. The second-order valence-electron chi connectivity index (χ2n) is 4.65. The maximum absolute atomic E-state index is 13.2. The zero-order valence-electron chi connectivity index (χ0n) is 10.4. The minimum Gasteiger partial charge on any atom is -0.396 e. The molecule has 0 radical (unpaired) electrons. The lowest BCUT2D eigenvalue weighted by Gasteiger charge is -2.24. The molecular weight excluding hydrogens is 323 g/mol. The highest BCUT2D eigenvalue weighted by molar-refractivity contribution is 9.10. The van der Waals surface area contributed by atoms with Crippen LogP contribution in [0.5, 0.6) is 0 Å². The van der Waals surface area contributed by atoms with Crippen LogP contribution in [-0.4, -0.2) is 14.0 Å². The van der Waals surface area contributed by atoms with Crippen molar-refractivity contribution in [3.05, 3.63) is 22.4 Å². The first-order chi connectivity index (χ1) is 8.09. The van der Waals surface area contributed by atoms with Crippen LogP contribution in [0.4, 0.5) is 10.1 Å². The molecule has 7 heteroatoms. The molecule has 0 fully saturated rings. The van der Waals surface area contributed by atoms with Crippen molar-refractivity contribution < 1.29 is 12.8 Å². The molecule has 1 aromatic carbocycles. The van der Waals surface area contributed by atoms with Gasteiger partial charge < -0.3 is 5.73 Å². The molecule has 18 heavy (non-hydrogen) atoms. The number of anilines is 1. The van der Waals surface area contributed by atoms with Gasteiger partial charge in [0.1, 0.15) is 5.82 Å². The number of hydrogen-bond donors (Lipinski definition) is 2. The van der Waals surface area contributed by atoms with Gasteiger partial charge in [-0.05, 0) is 48.3 Å². The normalized spacial score (nSPS) is 12.7. The Hall–Kier alpha value is -0.660. The van der Waals surface area contributed by atoms with Crippen LogP contribution < -0.4 is 10.5 Å². The van der Waals surface area contributed by atoms with Crippen molar-refractivity contribution in [1.29, 1.82) is 0 Å². The molecule has 0 aromatic heterocycles. The Morgan fingerprint density at radius 3 is 2.50 bits per heavy atom. The number of halogens is 2. The van der Waals surface area contributed by atoms with Gasteiger partial charge in [0, 0.05) is 10.0 Å². The number of nitrogens with two attached hydrogens (primary N) is 1. The van der Waals surface area contributed by atoms with Crippen molar-refractivity contribution in [2.45, 2.75) is 37.6 Å². The molecule has 0 heterocycles. The molecule has 0 aliphatic heterocycles. The lowest BCUT2D eigenvalue weighted by molar-refractivity contribution is 0.439. The lowest BCUT2D eigenvalue weighted by atomic mass is 10.0. The quantitative estimate of drug-likeness (QED) is 0.829. The molecule has 0 bridgehead atoms. The van der Waals surface area contributed by atoms with E-state index in [1.165, 1.54) is 0 Å². The van der Waals surface area contributed by atoms with Crippen LogP contribution in [0.25, 0.3) is 0 Å². The Morgan fingerprint density at radius 1 is 1.44 bits per heavy atom. The van der Waals surface area contributed by atoms with Crippen molar-refractivity contribution in [3.8, 4) is 0 Å². The van der Waals surface area contributed by atoms with Crippen molar-refractivity contribution in [2.75, 3.05) is 5.73 Å². The van der Waals surface area contributed by atoms with Crippen LogP contribution in [0.2, 0.25) is 0 Å². The topological polar surface area (TPSA) is 72.2 Å². The van der Waals surface area contributed by atoms with Gasteiger partial charge in [0.25, 0.3) is 0 Å². The van der Waals surface area contributed by atoms with Crippen LogP contribution in [0.1, 0.15) is 27.2 Å². The summed E-state index contributed by atoms with van der Waals surface area (Å²) in [5.41, 5.74) is 4.61. The van der Waals surface area contributed by atoms with E-state index in [-0.39, 0.29) is 15.1 Å². The van der Waals surface area contributed by atoms with E-state index in [0.717, 1.165) is 12.1 Å². The van der Waals surface area contributed by atoms with E-state index in [2.05, 4.69) is 20.7 Å². The van der Waals surface area contributed by atoms with E-state index >= 15 is 0 Å². The number of rotatable bonds is 4. The van der Waals surface area contributed by atoms with E-state index in [0.29, 0.717) is 6.42 Å². The standard InChI is InChI=1S/C11H16BrFN2O2S/c1-4-11(2,3)15-18(16,17)10-6-9(14)8(13)5-7(10)12/h5-6,15H,4,14H2,1-3H3. The molecule has 3 N–H and O–H groups in total. The van der Waals surface area contributed by atoms with E-state index in [1.807, 2.05) is 6.92 Å². The summed E-state index contributed by atoms with van der Waals surface area (Å²) in [5, 5.41) is 0. The van der Waals surface area contributed by atoms with Gasteiger partial charge in [-0.1, -0.05) is 6.92 Å². The molecule has 1 rings (SSSR count). The van der Waals surface area contributed by atoms with Gasteiger partial charge in [-0.25, -0.2) is 17.5 Å². The predicted octanol–water partition coefficient (Wildman–Crippen LogP) is 2.64. The maximum Gasteiger partial charge on any atom is 0.242 e. The molecule has 0 atom stereocenters. The molecule has 0 saturated heterocycles. The number of hydrogen-bond acceptors (Lipinski definition) is 3. The van der Waals surface area contributed by atoms with Crippen LogP contribution in [0.15, 0.2) is 21.5 Å². The van der Waals surface area contributed by atoms with Crippen LogP contribution in [0, 0.1) is 5.82 Å². The summed E-state index contributed by atoms with van der Waals surface area (Å²) in [4.78, 5) is -0.0667. The third-order valence-corrected chi connectivity index (χ3v) is 5.29. The molecule has 0 unspecified atom stereocenters. The highest BCUT2D eigenvalue weighted by Crippen LogP contribution is 2.27. The Labute approximate surface area is 115 Å². The molecule has 0 aliphatic rings. The minimum absolute atomic E-state index is 0.0667. The monoisotopic (exact) mass is 338 g/mol. The van der Waals surface area contributed by atoms with Crippen molar-refractivity contribution >= 4 is 31.6 Å². The first kappa shape index (κ1) is 15.4. The average Bonchev–Trinajstić information content (AvgIpc) is 2.21. The molecule has 0 amide bonds. The Bertz CT molecular complexity index is 558. The first-order valence-corrected chi connectivity index (χ1v) is 7.65. The highest BCUT2D eigenvalue weighted by Gasteiger charge is 2.27. The fourth-order valence-corrected chi connectivity index (χ4v) is 3.78. The zero-order chi connectivity index (χ0) is 14.1. The smallest absolute Gasteiger partial charge is 0.242 e. The summed E-state index contributed by atoms with van der Waals surface area (Å²) >= 11 is 3.03. The lowest BCUT2D eigenvalue weighted by Crippen LogP contribution is -2.42. The number of benzene rings is 1. The molecule has 0 aliphatic carbocycles. The van der Waals surface area contributed by atoms with Crippen molar-refractivity contribution in [3.63, 3.8) is 0 Å². The van der Waals surface area contributed by atoms with Crippen LogP contribution in [-0.2, 0) is 10.0 Å². The average molecular weight is 339 g/mol. The predicted molar refractivity (Wildman–Crippen MR) is 73.2 cm³/mol. The number of nitrogen functional groups attached to an aromatic ring is 1. The number of nitrogens with one attached hydrogen (secondary N) is 1. The third-order valence-electron chi connectivity index (χ3n) is 2.64. The Morgan fingerprint density at radius 2 is 2.00 bits per heavy atom. The van der Waals surface area contributed by atoms with E-state index in [4.69, 9.17) is 5.73 Å². The van der Waals surface area contributed by atoms with E-state index < -0.39 is 21.4 Å². The summed E-state index contributed by atoms with van der Waals surface area (Å²) in [7, 11) is -3.74. The molecular formula is C11H16BrFN2O2S. The summed E-state index contributed by atoms with van der Waals surface area (Å²) in [6.45, 7) is 5.41. The van der Waals surface area contributed by atoms with Crippen LogP contribution in [0.3, 0.4) is 0 Å². The van der Waals surface area contributed by atoms with Crippen molar-refractivity contribution in [2.24, 2.45) is 0 Å². The fourth-order valence-electron chi connectivity index (χ4n) is 1.24. The molecule has 0 saturated carbocycles. The Balaban J connectivity index is 3.26. The molecule has 102 valence electrons. The highest BCUT2D eigenvalue weighted by atomic mass is 79.9. The molecule has 1 aromatic rings. The SMILES string of the molecule is CCC(C)(C)NS(=O)(=O)c1cc(N)c(F)cc1Br. The summed E-state index contributed by atoms with van der Waals surface area (Å²) in [6.07, 6.45) is 0.626. The van der Waals surface area contributed by atoms with Gasteiger partial charge >= 0.3 is 0 Å².